The number of nitrogens with one attached hydrogen (secondary N) is 1. The van der Waals surface area contributed by atoms with Crippen LogP contribution < -0.4 is 5.32 Å². The lowest BCUT2D eigenvalue weighted by atomic mass is 10.1. The molecule has 1 fully saturated rings. The largest absolute Gasteiger partial charge is 0.444 e. The van der Waals surface area contributed by atoms with Crippen LogP contribution in [0.5, 0.6) is 0 Å². The zero-order valence-corrected chi connectivity index (χ0v) is 14.5. The summed E-state index contributed by atoms with van der Waals surface area (Å²) in [5.41, 5.74) is 1.62. The fraction of sp³-hybridized carbons (Fsp3) is 0.611. The van der Waals surface area contributed by atoms with Gasteiger partial charge in [-0.25, -0.2) is 4.79 Å². The summed E-state index contributed by atoms with van der Waals surface area (Å²) < 4.78 is 5.39. The van der Waals surface area contributed by atoms with Crippen LogP contribution in [-0.2, 0) is 4.74 Å². The van der Waals surface area contributed by atoms with Gasteiger partial charge < -0.3 is 20.1 Å². The molecular formula is C18H28N2O3. The maximum absolute atomic E-state index is 12.0. The van der Waals surface area contributed by atoms with Crippen molar-refractivity contribution in [3.63, 3.8) is 0 Å². The molecule has 2 rings (SSSR count). The first-order valence-electron chi connectivity index (χ1n) is 8.20. The van der Waals surface area contributed by atoms with Gasteiger partial charge in [0.15, 0.2) is 0 Å². The molecule has 0 aromatic heterocycles. The van der Waals surface area contributed by atoms with E-state index in [1.807, 2.05) is 52.0 Å². The van der Waals surface area contributed by atoms with Gasteiger partial charge in [-0.15, -0.1) is 0 Å². The van der Waals surface area contributed by atoms with Crippen LogP contribution >= 0.6 is 0 Å². The highest BCUT2D eigenvalue weighted by Crippen LogP contribution is 2.17. The fourth-order valence-electron chi connectivity index (χ4n) is 2.60. The molecule has 128 valence electrons. The summed E-state index contributed by atoms with van der Waals surface area (Å²) in [6.07, 6.45) is 0.0758. The van der Waals surface area contributed by atoms with Gasteiger partial charge >= 0.3 is 6.09 Å². The molecule has 0 spiro atoms. The first kappa shape index (κ1) is 17.8. The van der Waals surface area contributed by atoms with Crippen molar-refractivity contribution in [3.05, 3.63) is 35.4 Å². The molecule has 23 heavy (non-hydrogen) atoms. The van der Waals surface area contributed by atoms with E-state index in [1.165, 1.54) is 5.56 Å². The van der Waals surface area contributed by atoms with Crippen molar-refractivity contribution in [1.82, 2.24) is 10.2 Å². The van der Waals surface area contributed by atoms with Gasteiger partial charge in [0.05, 0.1) is 6.10 Å². The van der Waals surface area contributed by atoms with Gasteiger partial charge in [0.1, 0.15) is 5.60 Å². The Kier molecular flexibility index (Phi) is 5.65. The fourth-order valence-corrected chi connectivity index (χ4v) is 2.60. The number of nitrogens with zero attached hydrogens (tertiary/aromatic N) is 1. The van der Waals surface area contributed by atoms with E-state index in [1.54, 1.807) is 4.90 Å². The molecule has 1 heterocycles. The summed E-state index contributed by atoms with van der Waals surface area (Å²) in [6, 6.07) is 8.09. The van der Waals surface area contributed by atoms with Gasteiger partial charge in [0, 0.05) is 25.7 Å². The molecule has 0 saturated carbocycles. The number of amides is 1. The zero-order chi connectivity index (χ0) is 17.0. The molecule has 0 radical (unpaired) electrons. The second kappa shape index (κ2) is 7.32. The first-order chi connectivity index (χ1) is 10.7. The number of hydrogen-bond acceptors (Lipinski definition) is 4. The monoisotopic (exact) mass is 320 g/mol. The Labute approximate surface area is 138 Å². The Morgan fingerprint density at radius 1 is 1.39 bits per heavy atom. The number of aryl methyl sites for hydroxylation is 1. The summed E-state index contributed by atoms with van der Waals surface area (Å²) >= 11 is 0. The molecule has 0 bridgehead atoms. The van der Waals surface area contributed by atoms with Crippen LogP contribution in [0.3, 0.4) is 0 Å². The van der Waals surface area contributed by atoms with Crippen LogP contribution in [0.25, 0.3) is 0 Å². The number of hydrogen-bond donors (Lipinski definition) is 2. The third kappa shape index (κ3) is 5.52. The number of rotatable bonds is 4. The molecule has 1 aromatic carbocycles. The average molecular weight is 320 g/mol. The van der Waals surface area contributed by atoms with Gasteiger partial charge in [-0.1, -0.05) is 29.8 Å². The standard InChI is InChI=1S/C18H28N2O3/c1-13-5-7-14(8-6-13)16(21)11-19-15-9-10-20(12-15)17(22)23-18(2,3)4/h5-8,15-16,19,21H,9-12H2,1-4H3. The van der Waals surface area contributed by atoms with Crippen LogP contribution in [-0.4, -0.2) is 47.4 Å². The van der Waals surface area contributed by atoms with E-state index in [-0.39, 0.29) is 12.1 Å². The minimum Gasteiger partial charge on any atom is -0.444 e. The molecular weight excluding hydrogens is 292 g/mol. The van der Waals surface area contributed by atoms with Crippen LogP contribution in [0, 0.1) is 6.92 Å². The molecule has 1 aliphatic heterocycles. The number of carbonyl (C=O) groups is 1. The smallest absolute Gasteiger partial charge is 0.410 e. The number of benzene rings is 1. The van der Waals surface area contributed by atoms with E-state index >= 15 is 0 Å². The molecule has 2 unspecified atom stereocenters. The summed E-state index contributed by atoms with van der Waals surface area (Å²) in [5.74, 6) is 0. The van der Waals surface area contributed by atoms with E-state index in [0.717, 1.165) is 12.0 Å². The topological polar surface area (TPSA) is 61.8 Å². The van der Waals surface area contributed by atoms with Crippen LogP contribution in [0.2, 0.25) is 0 Å². The van der Waals surface area contributed by atoms with Gasteiger partial charge in [0.25, 0.3) is 0 Å². The van der Waals surface area contributed by atoms with Crippen molar-refractivity contribution in [2.24, 2.45) is 0 Å². The summed E-state index contributed by atoms with van der Waals surface area (Å²) in [5, 5.41) is 13.6. The third-order valence-corrected chi connectivity index (χ3v) is 3.90. The Balaban J connectivity index is 1.77. The van der Waals surface area contributed by atoms with Crippen molar-refractivity contribution in [2.75, 3.05) is 19.6 Å². The lowest BCUT2D eigenvalue weighted by Gasteiger charge is -2.24. The molecule has 0 aliphatic carbocycles. The highest BCUT2D eigenvalue weighted by molar-refractivity contribution is 5.68. The maximum Gasteiger partial charge on any atom is 0.410 e. The molecule has 1 saturated heterocycles. The predicted octanol–water partition coefficient (Wildman–Crippen LogP) is 2.63. The van der Waals surface area contributed by atoms with Crippen molar-refractivity contribution in [2.45, 2.75) is 51.9 Å². The minimum atomic E-state index is -0.536. The van der Waals surface area contributed by atoms with E-state index in [0.29, 0.717) is 19.6 Å². The highest BCUT2D eigenvalue weighted by Gasteiger charge is 2.29. The SMILES string of the molecule is Cc1ccc(C(O)CNC2CCN(C(=O)OC(C)(C)C)C2)cc1. The molecule has 2 atom stereocenters. The Bertz CT molecular complexity index is 522. The van der Waals surface area contributed by atoms with Crippen LogP contribution in [0.15, 0.2) is 24.3 Å². The van der Waals surface area contributed by atoms with Gasteiger partial charge in [-0.05, 0) is 39.7 Å². The van der Waals surface area contributed by atoms with Gasteiger partial charge in [-0.2, -0.15) is 0 Å². The number of aliphatic hydroxyl groups excluding tert-OH is 1. The first-order valence-corrected chi connectivity index (χ1v) is 8.20. The molecule has 5 heteroatoms. The lowest BCUT2D eigenvalue weighted by Crippen LogP contribution is -2.39. The summed E-state index contributed by atoms with van der Waals surface area (Å²) in [4.78, 5) is 13.7. The quantitative estimate of drug-likeness (QED) is 0.895. The van der Waals surface area contributed by atoms with Crippen molar-refractivity contribution in [3.8, 4) is 0 Å². The number of ether oxygens (including phenoxy) is 1. The molecule has 2 N–H and O–H groups in total. The lowest BCUT2D eigenvalue weighted by molar-refractivity contribution is 0.0290. The molecule has 1 amide bonds. The molecule has 5 nitrogen and oxygen atoms in total. The van der Waals surface area contributed by atoms with Gasteiger partial charge in [-0.3, -0.25) is 0 Å². The Hall–Kier alpha value is -1.59. The van der Waals surface area contributed by atoms with E-state index < -0.39 is 11.7 Å². The van der Waals surface area contributed by atoms with E-state index in [9.17, 15) is 9.90 Å². The number of aliphatic hydroxyl groups is 1. The molecule has 1 aliphatic rings. The Morgan fingerprint density at radius 3 is 2.65 bits per heavy atom. The maximum atomic E-state index is 12.0. The summed E-state index contributed by atoms with van der Waals surface area (Å²) in [6.45, 7) is 9.43. The van der Waals surface area contributed by atoms with Crippen molar-refractivity contribution < 1.29 is 14.6 Å². The van der Waals surface area contributed by atoms with E-state index in [4.69, 9.17) is 4.74 Å². The van der Waals surface area contributed by atoms with Crippen molar-refractivity contribution in [1.29, 1.82) is 0 Å². The van der Waals surface area contributed by atoms with Crippen LogP contribution in [0.1, 0.15) is 44.4 Å². The van der Waals surface area contributed by atoms with Crippen LogP contribution in [0.4, 0.5) is 4.79 Å². The normalized spacial score (nSPS) is 19.7. The predicted molar refractivity (Wildman–Crippen MR) is 90.4 cm³/mol. The minimum absolute atomic E-state index is 0.197. The highest BCUT2D eigenvalue weighted by atomic mass is 16.6. The summed E-state index contributed by atoms with van der Waals surface area (Å²) in [7, 11) is 0. The average Bonchev–Trinajstić information content (AvgIpc) is 2.93. The van der Waals surface area contributed by atoms with Gasteiger partial charge in [0.2, 0.25) is 0 Å². The second-order valence-corrected chi connectivity index (χ2v) is 7.25. The van der Waals surface area contributed by atoms with E-state index in [2.05, 4.69) is 5.32 Å². The third-order valence-electron chi connectivity index (χ3n) is 3.90. The zero-order valence-electron chi connectivity index (χ0n) is 14.5. The molecule has 1 aromatic rings. The second-order valence-electron chi connectivity index (χ2n) is 7.25. The number of carbonyl (C=O) groups excluding carboxylic acids is 1. The van der Waals surface area contributed by atoms with Crippen molar-refractivity contribution >= 4 is 6.09 Å². The Morgan fingerprint density at radius 2 is 2.04 bits per heavy atom. The number of likely N-dealkylation sites (tertiary alicyclic amines) is 1.